The molecule has 2 aromatic heterocycles. The second kappa shape index (κ2) is 11.1. The van der Waals surface area contributed by atoms with Crippen LogP contribution in [0.5, 0.6) is 0 Å². The number of pyridine rings is 1. The summed E-state index contributed by atoms with van der Waals surface area (Å²) in [5, 5.41) is 4.27. The summed E-state index contributed by atoms with van der Waals surface area (Å²) in [4.78, 5) is 37.2. The highest BCUT2D eigenvalue weighted by Gasteiger charge is 2.32. The van der Waals surface area contributed by atoms with Crippen molar-refractivity contribution in [2.45, 2.75) is 84.8 Å². The van der Waals surface area contributed by atoms with Gasteiger partial charge in [0.1, 0.15) is 0 Å². The smallest absolute Gasteiger partial charge is 0.253 e. The van der Waals surface area contributed by atoms with Crippen molar-refractivity contribution in [3.63, 3.8) is 0 Å². The van der Waals surface area contributed by atoms with Crippen molar-refractivity contribution >= 4 is 28.5 Å². The first-order valence-electron chi connectivity index (χ1n) is 12.8. The summed E-state index contributed by atoms with van der Waals surface area (Å²) in [7, 11) is 0. The third kappa shape index (κ3) is 5.54. The zero-order valence-corrected chi connectivity index (χ0v) is 22.4. The molecular weight excluding hydrogens is 460 g/mol. The van der Waals surface area contributed by atoms with Gasteiger partial charge in [-0.3, -0.25) is 14.6 Å². The molecule has 0 bridgehead atoms. The van der Waals surface area contributed by atoms with Gasteiger partial charge in [0.05, 0.1) is 10.6 Å². The lowest BCUT2D eigenvalue weighted by atomic mass is 9.90. The highest BCUT2D eigenvalue weighted by atomic mass is 32.1. The summed E-state index contributed by atoms with van der Waals surface area (Å²) in [6, 6.07) is 2.62. The molecule has 0 aromatic carbocycles. The van der Waals surface area contributed by atoms with Crippen molar-refractivity contribution in [1.82, 2.24) is 10.3 Å². The minimum absolute atomic E-state index is 0.0995. The maximum atomic E-state index is 13.7. The summed E-state index contributed by atoms with van der Waals surface area (Å²) in [5.41, 5.74) is 4.01. The van der Waals surface area contributed by atoms with Crippen molar-refractivity contribution in [2.24, 2.45) is 4.99 Å². The van der Waals surface area contributed by atoms with Gasteiger partial charge in [0.2, 0.25) is 0 Å². The van der Waals surface area contributed by atoms with Crippen LogP contribution in [0, 0.1) is 20.8 Å². The first-order chi connectivity index (χ1) is 16.8. The number of H-pyrrole nitrogens is 1. The SMILES string of the molecule is CCN(c1sc(C2CC=NC(C)C2)c(C(=O)NCc2c(C)cc(C)[nH]c2=O)c1C)C1CCOCC1. The normalized spacial score (nSPS) is 20.7. The molecule has 7 nitrogen and oxygen atoms in total. The Hall–Kier alpha value is -2.45. The third-order valence-corrected chi connectivity index (χ3v) is 8.77. The number of anilines is 1. The van der Waals surface area contributed by atoms with Gasteiger partial charge in [-0.05, 0) is 83.7 Å². The highest BCUT2D eigenvalue weighted by Crippen LogP contribution is 2.44. The van der Waals surface area contributed by atoms with Gasteiger partial charge in [-0.25, -0.2) is 0 Å². The molecule has 0 aliphatic carbocycles. The van der Waals surface area contributed by atoms with Gasteiger partial charge in [-0.2, -0.15) is 0 Å². The Balaban J connectivity index is 1.68. The number of hydrogen-bond acceptors (Lipinski definition) is 6. The molecule has 4 rings (SSSR count). The average molecular weight is 499 g/mol. The number of nitrogens with zero attached hydrogens (tertiary/aromatic N) is 2. The molecule has 1 amide bonds. The Labute approximate surface area is 212 Å². The largest absolute Gasteiger partial charge is 0.381 e. The predicted molar refractivity (Wildman–Crippen MR) is 144 cm³/mol. The summed E-state index contributed by atoms with van der Waals surface area (Å²) < 4.78 is 5.61. The number of thiophene rings is 1. The van der Waals surface area contributed by atoms with Crippen molar-refractivity contribution < 1.29 is 9.53 Å². The standard InChI is InChI=1S/C27H38N4O3S/c1-6-31(21-8-11-34-12-9-21)27-19(5)23(24(35-27)20-7-10-28-17(3)14-20)26(33)29-15-22-16(2)13-18(4)30-25(22)32/h10,13,17,20-21H,6-9,11-12,14-15H2,1-5H3,(H,29,33)(H,30,32). The summed E-state index contributed by atoms with van der Waals surface area (Å²) in [6.07, 6.45) is 5.82. The van der Waals surface area contributed by atoms with Crippen LogP contribution in [0.15, 0.2) is 15.9 Å². The second-order valence-corrected chi connectivity index (χ2v) is 10.9. The van der Waals surface area contributed by atoms with E-state index in [0.29, 0.717) is 11.6 Å². The zero-order valence-electron chi connectivity index (χ0n) is 21.6. The van der Waals surface area contributed by atoms with Gasteiger partial charge in [0, 0.05) is 60.4 Å². The predicted octanol–water partition coefficient (Wildman–Crippen LogP) is 4.63. The fourth-order valence-electron chi connectivity index (χ4n) is 5.44. The molecule has 35 heavy (non-hydrogen) atoms. The van der Waals surface area contributed by atoms with Crippen LogP contribution in [0.1, 0.15) is 83.1 Å². The first-order valence-corrected chi connectivity index (χ1v) is 13.6. The highest BCUT2D eigenvalue weighted by molar-refractivity contribution is 7.16. The molecule has 8 heteroatoms. The number of aryl methyl sites for hydroxylation is 2. The van der Waals surface area contributed by atoms with E-state index >= 15 is 0 Å². The molecule has 1 fully saturated rings. The quantitative estimate of drug-likeness (QED) is 0.583. The molecule has 2 atom stereocenters. The van der Waals surface area contributed by atoms with Crippen LogP contribution in [-0.4, -0.2) is 48.9 Å². The molecule has 0 saturated carbocycles. The fourth-order valence-corrected chi connectivity index (χ4v) is 7.01. The van der Waals surface area contributed by atoms with E-state index in [9.17, 15) is 9.59 Å². The van der Waals surface area contributed by atoms with E-state index in [1.54, 1.807) is 11.3 Å². The topological polar surface area (TPSA) is 86.8 Å². The van der Waals surface area contributed by atoms with E-state index in [1.165, 1.54) is 5.00 Å². The lowest BCUT2D eigenvalue weighted by Crippen LogP contribution is -2.39. The minimum atomic E-state index is -0.139. The summed E-state index contributed by atoms with van der Waals surface area (Å²) in [6.45, 7) is 12.9. The van der Waals surface area contributed by atoms with E-state index < -0.39 is 0 Å². The molecule has 2 aliphatic heterocycles. The minimum Gasteiger partial charge on any atom is -0.381 e. The van der Waals surface area contributed by atoms with Gasteiger partial charge in [-0.1, -0.05) is 0 Å². The molecule has 2 N–H and O–H groups in total. The van der Waals surface area contributed by atoms with Crippen LogP contribution in [0.2, 0.25) is 0 Å². The number of ether oxygens (including phenoxy) is 1. The molecule has 0 spiro atoms. The van der Waals surface area contributed by atoms with E-state index in [2.05, 4.69) is 41.0 Å². The van der Waals surface area contributed by atoms with Crippen molar-refractivity contribution in [3.8, 4) is 0 Å². The van der Waals surface area contributed by atoms with E-state index in [4.69, 9.17) is 4.74 Å². The summed E-state index contributed by atoms with van der Waals surface area (Å²) in [5.74, 6) is 0.177. The third-order valence-electron chi connectivity index (χ3n) is 7.27. The van der Waals surface area contributed by atoms with Crippen molar-refractivity contribution in [3.05, 3.63) is 49.2 Å². The molecule has 0 radical (unpaired) electrons. The number of carbonyl (C=O) groups excluding carboxylic acids is 1. The molecule has 2 aliphatic rings. The maximum Gasteiger partial charge on any atom is 0.253 e. The fraction of sp³-hybridized carbons (Fsp3) is 0.593. The number of carbonyl (C=O) groups is 1. The monoisotopic (exact) mass is 498 g/mol. The van der Waals surface area contributed by atoms with Gasteiger partial charge >= 0.3 is 0 Å². The van der Waals surface area contributed by atoms with Crippen LogP contribution in [0.25, 0.3) is 0 Å². The Morgan fingerprint density at radius 1 is 1.29 bits per heavy atom. The lowest BCUT2D eigenvalue weighted by Gasteiger charge is -2.35. The first kappa shape index (κ1) is 25.6. The van der Waals surface area contributed by atoms with Gasteiger partial charge in [0.15, 0.2) is 0 Å². The number of amides is 1. The molecule has 1 saturated heterocycles. The van der Waals surface area contributed by atoms with Crippen molar-refractivity contribution in [2.75, 3.05) is 24.7 Å². The summed E-state index contributed by atoms with van der Waals surface area (Å²) >= 11 is 1.77. The number of nitrogens with one attached hydrogen (secondary N) is 2. The molecule has 2 unspecified atom stereocenters. The van der Waals surface area contributed by atoms with E-state index in [-0.39, 0.29) is 30.0 Å². The van der Waals surface area contributed by atoms with Gasteiger partial charge in [0.25, 0.3) is 11.5 Å². The van der Waals surface area contributed by atoms with Crippen LogP contribution in [0.3, 0.4) is 0 Å². The Morgan fingerprint density at radius 3 is 2.69 bits per heavy atom. The molecular formula is C27H38N4O3S. The number of hydrogen-bond donors (Lipinski definition) is 2. The molecule has 4 heterocycles. The van der Waals surface area contributed by atoms with Crippen LogP contribution >= 0.6 is 11.3 Å². The molecule has 190 valence electrons. The molecule has 2 aromatic rings. The number of aliphatic imine (C=N–C) groups is 1. The van der Waals surface area contributed by atoms with Gasteiger partial charge in [-0.15, -0.1) is 11.3 Å². The maximum absolute atomic E-state index is 13.7. The van der Waals surface area contributed by atoms with Gasteiger partial charge < -0.3 is 19.9 Å². The number of rotatable bonds is 7. The second-order valence-electron chi connectivity index (χ2n) is 9.88. The van der Waals surface area contributed by atoms with E-state index in [0.717, 1.165) is 72.7 Å². The Kier molecular flexibility index (Phi) is 8.12. The van der Waals surface area contributed by atoms with Crippen LogP contribution in [-0.2, 0) is 11.3 Å². The lowest BCUT2D eigenvalue weighted by molar-refractivity contribution is 0.0847. The zero-order chi connectivity index (χ0) is 25.1. The Bertz CT molecular complexity index is 1150. The number of aromatic nitrogens is 1. The average Bonchev–Trinajstić information content (AvgIpc) is 3.16. The Morgan fingerprint density at radius 2 is 2.03 bits per heavy atom. The van der Waals surface area contributed by atoms with Crippen LogP contribution < -0.4 is 15.8 Å². The van der Waals surface area contributed by atoms with E-state index in [1.807, 2.05) is 26.1 Å². The number of aromatic amines is 1. The van der Waals surface area contributed by atoms with Crippen molar-refractivity contribution in [1.29, 1.82) is 0 Å². The van der Waals surface area contributed by atoms with Crippen LogP contribution in [0.4, 0.5) is 5.00 Å².